The van der Waals surface area contributed by atoms with E-state index in [1.54, 1.807) is 6.20 Å². The number of hydrogen-bond acceptors (Lipinski definition) is 4. The van der Waals surface area contributed by atoms with Crippen LogP contribution < -0.4 is 5.32 Å². The van der Waals surface area contributed by atoms with E-state index < -0.39 is 11.6 Å². The minimum Gasteiger partial charge on any atom is -0.370 e. The van der Waals surface area contributed by atoms with E-state index in [-0.39, 0.29) is 5.52 Å². The zero-order chi connectivity index (χ0) is 19.5. The van der Waals surface area contributed by atoms with E-state index in [2.05, 4.69) is 32.2 Å². The molecule has 3 heterocycles. The topological polar surface area (TPSA) is 56.8 Å². The fraction of sp³-hybridized carbons (Fsp3) is 0.429. The summed E-state index contributed by atoms with van der Waals surface area (Å²) in [6.07, 6.45) is 6.66. The van der Waals surface area contributed by atoms with Crippen molar-refractivity contribution in [3.8, 4) is 11.4 Å². The second-order valence-electron chi connectivity index (χ2n) is 7.59. The summed E-state index contributed by atoms with van der Waals surface area (Å²) in [7, 11) is 2.19. The van der Waals surface area contributed by atoms with Crippen LogP contribution in [0.3, 0.4) is 0 Å². The van der Waals surface area contributed by atoms with Crippen LogP contribution in [0.25, 0.3) is 22.4 Å². The molecule has 148 valence electrons. The van der Waals surface area contributed by atoms with Crippen molar-refractivity contribution in [2.45, 2.75) is 25.7 Å². The lowest BCUT2D eigenvalue weighted by molar-refractivity contribution is 0.211. The summed E-state index contributed by atoms with van der Waals surface area (Å²) in [6.45, 7) is 3.31. The number of halogens is 2. The maximum Gasteiger partial charge on any atom is 0.186 e. The Hall–Kier alpha value is -2.54. The van der Waals surface area contributed by atoms with Gasteiger partial charge in [0.05, 0.1) is 5.52 Å². The lowest BCUT2D eigenvalue weighted by Gasteiger charge is -2.28. The zero-order valence-electron chi connectivity index (χ0n) is 16.0. The molecule has 4 rings (SSSR count). The highest BCUT2D eigenvalue weighted by Gasteiger charge is 2.16. The summed E-state index contributed by atoms with van der Waals surface area (Å²) >= 11 is 0. The Balaban J connectivity index is 1.32. The maximum atomic E-state index is 13.8. The third-order valence-electron chi connectivity index (χ3n) is 5.52. The zero-order valence-corrected chi connectivity index (χ0v) is 16.0. The number of fused-ring (bicyclic) bond motifs is 1. The Morgan fingerprint density at radius 2 is 2.00 bits per heavy atom. The van der Waals surface area contributed by atoms with Crippen molar-refractivity contribution >= 4 is 16.9 Å². The van der Waals surface area contributed by atoms with E-state index in [4.69, 9.17) is 0 Å². The van der Waals surface area contributed by atoms with Crippen molar-refractivity contribution in [3.63, 3.8) is 0 Å². The minimum absolute atomic E-state index is 0.00566. The van der Waals surface area contributed by atoms with Gasteiger partial charge in [0.1, 0.15) is 17.2 Å². The van der Waals surface area contributed by atoms with Crippen molar-refractivity contribution in [2.24, 2.45) is 5.92 Å². The van der Waals surface area contributed by atoms with Crippen LogP contribution in [0.15, 0.2) is 30.5 Å². The molecule has 7 heteroatoms. The Morgan fingerprint density at radius 3 is 2.75 bits per heavy atom. The highest BCUT2D eigenvalue weighted by Crippen LogP contribution is 2.24. The summed E-state index contributed by atoms with van der Waals surface area (Å²) in [5.41, 5.74) is 1.20. The molecule has 0 bridgehead atoms. The first-order chi connectivity index (χ1) is 13.6. The number of pyridine rings is 1. The van der Waals surface area contributed by atoms with Gasteiger partial charge in [-0.2, -0.15) is 0 Å². The SMILES string of the molecule is CN1CCC(CCCNc2ccc(-c3nc4c(F)c(F)ccc4[nH]3)cn2)CC1. The van der Waals surface area contributed by atoms with Crippen LogP contribution in [0.5, 0.6) is 0 Å². The molecule has 1 fully saturated rings. The molecular weight excluding hydrogens is 360 g/mol. The quantitative estimate of drug-likeness (QED) is 0.616. The number of benzene rings is 1. The molecule has 0 spiro atoms. The van der Waals surface area contributed by atoms with Crippen molar-refractivity contribution in [1.82, 2.24) is 19.9 Å². The number of hydrogen-bond donors (Lipinski definition) is 2. The fourth-order valence-corrected chi connectivity index (χ4v) is 3.75. The predicted molar refractivity (Wildman–Crippen MR) is 107 cm³/mol. The van der Waals surface area contributed by atoms with E-state index in [1.165, 1.54) is 38.4 Å². The molecule has 0 unspecified atom stereocenters. The lowest BCUT2D eigenvalue weighted by Crippen LogP contribution is -2.30. The molecule has 0 atom stereocenters. The second-order valence-corrected chi connectivity index (χ2v) is 7.59. The number of anilines is 1. The Morgan fingerprint density at radius 1 is 1.18 bits per heavy atom. The smallest absolute Gasteiger partial charge is 0.186 e. The van der Waals surface area contributed by atoms with Gasteiger partial charge in [-0.25, -0.2) is 18.7 Å². The van der Waals surface area contributed by atoms with Crippen LogP contribution in [0.2, 0.25) is 0 Å². The number of piperidine rings is 1. The van der Waals surface area contributed by atoms with Gasteiger partial charge >= 0.3 is 0 Å². The van der Waals surface area contributed by atoms with Crippen LogP contribution >= 0.6 is 0 Å². The monoisotopic (exact) mass is 385 g/mol. The van der Waals surface area contributed by atoms with E-state index in [9.17, 15) is 8.78 Å². The van der Waals surface area contributed by atoms with Gasteiger partial charge in [0.2, 0.25) is 0 Å². The standard InChI is InChI=1S/C21H25F2N5/c1-28-11-8-14(9-12-28)3-2-10-24-18-7-4-15(13-25-18)21-26-17-6-5-16(22)19(23)20(17)27-21/h4-7,13-14H,2-3,8-12H2,1H3,(H,24,25)(H,26,27). The van der Waals surface area contributed by atoms with Crippen LogP contribution in [0, 0.1) is 17.6 Å². The van der Waals surface area contributed by atoms with Crippen LogP contribution in [-0.4, -0.2) is 46.5 Å². The van der Waals surface area contributed by atoms with E-state index in [0.717, 1.165) is 36.3 Å². The normalized spacial score (nSPS) is 16.0. The molecule has 2 aromatic heterocycles. The third kappa shape index (κ3) is 4.14. The summed E-state index contributed by atoms with van der Waals surface area (Å²) in [5, 5.41) is 3.35. The number of nitrogens with one attached hydrogen (secondary N) is 2. The number of rotatable bonds is 6. The first-order valence-electron chi connectivity index (χ1n) is 9.82. The third-order valence-corrected chi connectivity index (χ3v) is 5.52. The molecule has 2 N–H and O–H groups in total. The molecule has 1 aliphatic rings. The summed E-state index contributed by atoms with van der Waals surface area (Å²) in [4.78, 5) is 14.0. The molecule has 0 aliphatic carbocycles. The Kier molecular flexibility index (Phi) is 5.52. The van der Waals surface area contributed by atoms with E-state index >= 15 is 0 Å². The molecule has 0 saturated carbocycles. The summed E-state index contributed by atoms with van der Waals surface area (Å²) in [6, 6.07) is 6.34. The number of nitrogens with zero attached hydrogens (tertiary/aromatic N) is 3. The van der Waals surface area contributed by atoms with Gasteiger partial charge in [-0.1, -0.05) is 0 Å². The number of aromatic amines is 1. The molecule has 0 radical (unpaired) electrons. The van der Waals surface area contributed by atoms with Crippen molar-refractivity contribution in [3.05, 3.63) is 42.1 Å². The first kappa shape index (κ1) is 18.8. The molecule has 1 saturated heterocycles. The van der Waals surface area contributed by atoms with E-state index in [1.807, 2.05) is 12.1 Å². The Bertz CT molecular complexity index is 930. The highest BCUT2D eigenvalue weighted by atomic mass is 19.2. The lowest BCUT2D eigenvalue weighted by atomic mass is 9.92. The van der Waals surface area contributed by atoms with E-state index in [0.29, 0.717) is 11.3 Å². The van der Waals surface area contributed by atoms with Crippen molar-refractivity contribution in [2.75, 3.05) is 32.0 Å². The molecule has 5 nitrogen and oxygen atoms in total. The highest BCUT2D eigenvalue weighted by molar-refractivity contribution is 5.80. The average molecular weight is 385 g/mol. The van der Waals surface area contributed by atoms with Gasteiger partial charge in [-0.15, -0.1) is 0 Å². The largest absolute Gasteiger partial charge is 0.370 e. The number of imidazole rings is 1. The van der Waals surface area contributed by atoms with Crippen molar-refractivity contribution in [1.29, 1.82) is 0 Å². The van der Waals surface area contributed by atoms with Crippen LogP contribution in [0.1, 0.15) is 25.7 Å². The molecule has 3 aromatic rings. The molecule has 1 aliphatic heterocycles. The number of aromatic nitrogens is 3. The molecule has 0 amide bonds. The van der Waals surface area contributed by atoms with Gasteiger partial charge in [-0.05, 0) is 76.0 Å². The number of likely N-dealkylation sites (tertiary alicyclic amines) is 1. The maximum absolute atomic E-state index is 13.8. The van der Waals surface area contributed by atoms with Crippen LogP contribution in [0.4, 0.5) is 14.6 Å². The van der Waals surface area contributed by atoms with Crippen molar-refractivity contribution < 1.29 is 8.78 Å². The van der Waals surface area contributed by atoms with Gasteiger partial charge in [0, 0.05) is 18.3 Å². The molecule has 28 heavy (non-hydrogen) atoms. The summed E-state index contributed by atoms with van der Waals surface area (Å²) in [5.74, 6) is 0.284. The van der Waals surface area contributed by atoms with Gasteiger partial charge in [0.25, 0.3) is 0 Å². The number of H-pyrrole nitrogens is 1. The predicted octanol–water partition coefficient (Wildman–Crippen LogP) is 4.44. The first-order valence-corrected chi connectivity index (χ1v) is 9.82. The molecule has 1 aromatic carbocycles. The van der Waals surface area contributed by atoms with Gasteiger partial charge in [0.15, 0.2) is 11.6 Å². The molecular formula is C21H25F2N5. The average Bonchev–Trinajstić information content (AvgIpc) is 3.15. The minimum atomic E-state index is -0.934. The van der Waals surface area contributed by atoms with Crippen LogP contribution in [-0.2, 0) is 0 Å². The van der Waals surface area contributed by atoms with Gasteiger partial charge < -0.3 is 15.2 Å². The Labute approximate surface area is 163 Å². The second kappa shape index (κ2) is 8.22. The summed E-state index contributed by atoms with van der Waals surface area (Å²) < 4.78 is 27.2. The fourth-order valence-electron chi connectivity index (χ4n) is 3.75. The van der Waals surface area contributed by atoms with Gasteiger partial charge in [-0.3, -0.25) is 0 Å².